The lowest BCUT2D eigenvalue weighted by Gasteiger charge is -2.05. The molecule has 5 heteroatoms. The molecule has 1 heterocycles. The molecule has 0 radical (unpaired) electrons. The molecule has 0 aromatic carbocycles. The fourth-order valence-corrected chi connectivity index (χ4v) is 0.748. The minimum Gasteiger partial charge on any atom is -0.464 e. The maximum absolute atomic E-state index is 10.9. The lowest BCUT2D eigenvalue weighted by Crippen LogP contribution is -2.25. The molecule has 11 heavy (non-hydrogen) atoms. The van der Waals surface area contributed by atoms with Crippen molar-refractivity contribution in [1.29, 1.82) is 0 Å². The van der Waals surface area contributed by atoms with Gasteiger partial charge in [-0.25, -0.2) is 4.79 Å². The largest absolute Gasteiger partial charge is 0.464 e. The van der Waals surface area contributed by atoms with Crippen LogP contribution in [-0.4, -0.2) is 36.9 Å². The smallest absolute Gasteiger partial charge is 0.337 e. The molecule has 1 fully saturated rings. The van der Waals surface area contributed by atoms with Gasteiger partial charge in [-0.3, -0.25) is 0 Å². The van der Waals surface area contributed by atoms with E-state index in [4.69, 9.17) is 5.11 Å². The fraction of sp³-hybridized carbons (Fsp3) is 0.833. The van der Waals surface area contributed by atoms with Gasteiger partial charge in [0.05, 0.1) is 13.2 Å². The summed E-state index contributed by atoms with van der Waals surface area (Å²) in [5.41, 5.74) is 0. The van der Waals surface area contributed by atoms with Gasteiger partial charge in [0.15, 0.2) is 6.10 Å². The first kappa shape index (κ1) is 8.45. The molecule has 2 atom stereocenters. The number of aliphatic hydroxyl groups is 1. The predicted octanol–water partition coefficient (Wildman–Crippen LogP) is -0.759. The van der Waals surface area contributed by atoms with Gasteiger partial charge in [0.25, 0.3) is 6.48 Å². The highest BCUT2D eigenvalue weighted by atomic mass is 16.8. The van der Waals surface area contributed by atoms with Crippen molar-refractivity contribution in [3.05, 3.63) is 0 Å². The van der Waals surface area contributed by atoms with Crippen molar-refractivity contribution in [3.8, 4) is 0 Å². The molecule has 1 saturated heterocycles. The van der Waals surface area contributed by atoms with Gasteiger partial charge in [-0.1, -0.05) is 0 Å². The van der Waals surface area contributed by atoms with E-state index in [0.717, 1.165) is 0 Å². The van der Waals surface area contributed by atoms with Crippen LogP contribution < -0.4 is 0 Å². The van der Waals surface area contributed by atoms with E-state index < -0.39 is 18.5 Å². The SMILES string of the molecule is CCOC(=O)C1COC(O)O1. The molecule has 1 aliphatic heterocycles. The van der Waals surface area contributed by atoms with Crippen LogP contribution in [0.4, 0.5) is 0 Å². The molecule has 0 aromatic heterocycles. The Balaban J connectivity index is 2.31. The van der Waals surface area contributed by atoms with Crippen LogP contribution in [0.2, 0.25) is 0 Å². The first-order valence-corrected chi connectivity index (χ1v) is 3.35. The second kappa shape index (κ2) is 3.66. The third kappa shape index (κ3) is 2.14. The van der Waals surface area contributed by atoms with Gasteiger partial charge in [0, 0.05) is 0 Å². The number of rotatable bonds is 2. The Bertz CT molecular complexity index is 146. The van der Waals surface area contributed by atoms with Crippen LogP contribution in [0, 0.1) is 0 Å². The average molecular weight is 162 g/mol. The van der Waals surface area contributed by atoms with E-state index in [1.165, 1.54) is 0 Å². The summed E-state index contributed by atoms with van der Waals surface area (Å²) < 4.78 is 13.8. The lowest BCUT2D eigenvalue weighted by molar-refractivity contribution is -0.209. The Labute approximate surface area is 63.9 Å². The highest BCUT2D eigenvalue weighted by Gasteiger charge is 2.31. The Morgan fingerprint density at radius 2 is 2.55 bits per heavy atom. The molecule has 1 rings (SSSR count). The first-order valence-electron chi connectivity index (χ1n) is 3.35. The third-order valence-corrected chi connectivity index (χ3v) is 1.22. The molecule has 0 aromatic rings. The maximum Gasteiger partial charge on any atom is 0.337 e. The van der Waals surface area contributed by atoms with Crippen LogP contribution in [0.5, 0.6) is 0 Å². The molecule has 1 N–H and O–H groups in total. The van der Waals surface area contributed by atoms with Crippen LogP contribution in [0.25, 0.3) is 0 Å². The van der Waals surface area contributed by atoms with Crippen LogP contribution in [0.3, 0.4) is 0 Å². The van der Waals surface area contributed by atoms with Crippen molar-refractivity contribution in [2.75, 3.05) is 13.2 Å². The topological polar surface area (TPSA) is 65.0 Å². The van der Waals surface area contributed by atoms with Crippen molar-refractivity contribution in [2.24, 2.45) is 0 Å². The van der Waals surface area contributed by atoms with Crippen molar-refractivity contribution < 1.29 is 24.1 Å². The van der Waals surface area contributed by atoms with E-state index in [-0.39, 0.29) is 6.61 Å². The van der Waals surface area contributed by atoms with Crippen molar-refractivity contribution in [2.45, 2.75) is 19.5 Å². The van der Waals surface area contributed by atoms with Gasteiger partial charge >= 0.3 is 5.97 Å². The number of hydrogen-bond donors (Lipinski definition) is 1. The molecule has 0 amide bonds. The number of esters is 1. The van der Waals surface area contributed by atoms with E-state index in [9.17, 15) is 4.79 Å². The molecular weight excluding hydrogens is 152 g/mol. The minimum atomic E-state index is -1.29. The van der Waals surface area contributed by atoms with Gasteiger partial charge in [-0.15, -0.1) is 0 Å². The van der Waals surface area contributed by atoms with Crippen LogP contribution in [0.1, 0.15) is 6.92 Å². The van der Waals surface area contributed by atoms with Crippen molar-refractivity contribution in [1.82, 2.24) is 0 Å². The van der Waals surface area contributed by atoms with E-state index in [0.29, 0.717) is 6.61 Å². The Kier molecular flexibility index (Phi) is 2.81. The normalized spacial score (nSPS) is 30.4. The van der Waals surface area contributed by atoms with Crippen molar-refractivity contribution in [3.63, 3.8) is 0 Å². The van der Waals surface area contributed by atoms with E-state index in [2.05, 4.69) is 14.2 Å². The highest BCUT2D eigenvalue weighted by Crippen LogP contribution is 2.09. The molecule has 0 spiro atoms. The van der Waals surface area contributed by atoms with E-state index in [1.807, 2.05) is 0 Å². The molecule has 0 bridgehead atoms. The number of aliphatic hydroxyl groups excluding tert-OH is 1. The van der Waals surface area contributed by atoms with Gasteiger partial charge in [-0.05, 0) is 6.92 Å². The zero-order valence-electron chi connectivity index (χ0n) is 6.15. The highest BCUT2D eigenvalue weighted by molar-refractivity contribution is 5.75. The predicted molar refractivity (Wildman–Crippen MR) is 33.5 cm³/mol. The van der Waals surface area contributed by atoms with E-state index >= 15 is 0 Å². The summed E-state index contributed by atoms with van der Waals surface area (Å²) >= 11 is 0. The van der Waals surface area contributed by atoms with Gasteiger partial charge in [-0.2, -0.15) is 0 Å². The van der Waals surface area contributed by atoms with Gasteiger partial charge in [0.2, 0.25) is 0 Å². The molecule has 2 unspecified atom stereocenters. The summed E-state index contributed by atoms with van der Waals surface area (Å²) in [6.45, 7) is 0.767. The summed E-state index contributed by atoms with van der Waals surface area (Å²) in [6.07, 6.45) is -0.773. The minimum absolute atomic E-state index is 0.0556. The summed E-state index contributed by atoms with van der Waals surface area (Å²) in [5, 5.41) is 8.66. The molecule has 1 aliphatic rings. The molecule has 0 aliphatic carbocycles. The quantitative estimate of drug-likeness (QED) is 0.541. The second-order valence-electron chi connectivity index (χ2n) is 2.02. The number of ether oxygens (including phenoxy) is 3. The Morgan fingerprint density at radius 1 is 1.82 bits per heavy atom. The lowest BCUT2D eigenvalue weighted by atomic mass is 10.4. The number of carbonyl (C=O) groups excluding carboxylic acids is 1. The fourth-order valence-electron chi connectivity index (χ4n) is 0.748. The standard InChI is InChI=1S/C6H10O5/c1-2-9-5(7)4-3-10-6(8)11-4/h4,6,8H,2-3H2,1H3. The third-order valence-electron chi connectivity index (χ3n) is 1.22. The Morgan fingerprint density at radius 3 is 3.00 bits per heavy atom. The first-order chi connectivity index (χ1) is 5.24. The monoisotopic (exact) mass is 162 g/mol. The average Bonchev–Trinajstić information content (AvgIpc) is 2.36. The molecular formula is C6H10O5. The van der Waals surface area contributed by atoms with Crippen LogP contribution in [-0.2, 0) is 19.0 Å². The van der Waals surface area contributed by atoms with Gasteiger partial charge in [0.1, 0.15) is 0 Å². The molecule has 64 valence electrons. The van der Waals surface area contributed by atoms with E-state index in [1.54, 1.807) is 6.92 Å². The zero-order chi connectivity index (χ0) is 8.27. The molecule has 0 saturated carbocycles. The zero-order valence-corrected chi connectivity index (χ0v) is 6.15. The van der Waals surface area contributed by atoms with Crippen molar-refractivity contribution >= 4 is 5.97 Å². The van der Waals surface area contributed by atoms with Crippen LogP contribution in [0.15, 0.2) is 0 Å². The molecule has 5 nitrogen and oxygen atoms in total. The summed E-state index contributed by atoms with van der Waals surface area (Å²) in [4.78, 5) is 10.9. The second-order valence-corrected chi connectivity index (χ2v) is 2.02. The number of hydrogen-bond acceptors (Lipinski definition) is 5. The van der Waals surface area contributed by atoms with Gasteiger partial charge < -0.3 is 19.3 Å². The maximum atomic E-state index is 10.9. The Hall–Kier alpha value is -0.650. The summed E-state index contributed by atoms with van der Waals surface area (Å²) in [6, 6.07) is 0. The summed E-state index contributed by atoms with van der Waals surface area (Å²) in [7, 11) is 0. The summed E-state index contributed by atoms with van der Waals surface area (Å²) in [5.74, 6) is -0.496. The van der Waals surface area contributed by atoms with Crippen LogP contribution >= 0.6 is 0 Å². The number of carbonyl (C=O) groups is 1.